The van der Waals surface area contributed by atoms with Gasteiger partial charge in [0, 0.05) is 24.9 Å². The summed E-state index contributed by atoms with van der Waals surface area (Å²) in [5.74, 6) is 1.11. The second-order valence-electron chi connectivity index (χ2n) is 3.72. The number of rotatable bonds is 5. The Hall–Kier alpha value is -2.70. The molecule has 7 nitrogen and oxygen atoms in total. The molecule has 0 aromatic carbocycles. The van der Waals surface area contributed by atoms with Crippen LogP contribution < -0.4 is 10.1 Å². The normalized spacial score (nSPS) is 9.95. The minimum Gasteiger partial charge on any atom is -0.481 e. The molecule has 2 rings (SSSR count). The minimum absolute atomic E-state index is 0.0314. The molecule has 98 valence electrons. The molecule has 7 heteroatoms. The average Bonchev–Trinajstić information content (AvgIpc) is 2.46. The summed E-state index contributed by atoms with van der Waals surface area (Å²) in [5, 5.41) is 13.5. The van der Waals surface area contributed by atoms with Crippen LogP contribution >= 0.6 is 0 Å². The van der Waals surface area contributed by atoms with E-state index in [-0.39, 0.29) is 5.69 Å². The number of methoxy groups -OCH3 is 1. The SMILES string of the molecule is COc1cc(CNc2ccc([N+](=O)[O-])cn2)ccn1. The Morgan fingerprint density at radius 2 is 2.21 bits per heavy atom. The third kappa shape index (κ3) is 3.38. The number of hydrogen-bond donors (Lipinski definition) is 1. The van der Waals surface area contributed by atoms with Crippen LogP contribution in [-0.2, 0) is 6.54 Å². The van der Waals surface area contributed by atoms with Crippen LogP contribution in [-0.4, -0.2) is 22.0 Å². The van der Waals surface area contributed by atoms with E-state index >= 15 is 0 Å². The Bertz CT molecular complexity index is 571. The first-order chi connectivity index (χ1) is 9.19. The van der Waals surface area contributed by atoms with E-state index in [0.29, 0.717) is 18.2 Å². The molecule has 2 aromatic heterocycles. The Labute approximate surface area is 109 Å². The molecule has 0 aliphatic carbocycles. The number of ether oxygens (including phenoxy) is 1. The molecule has 0 aliphatic heterocycles. The molecule has 0 amide bonds. The summed E-state index contributed by atoms with van der Waals surface area (Å²) in [5.41, 5.74) is 0.947. The van der Waals surface area contributed by atoms with Gasteiger partial charge in [-0.05, 0) is 17.7 Å². The lowest BCUT2D eigenvalue weighted by Gasteiger charge is -2.06. The van der Waals surface area contributed by atoms with Gasteiger partial charge in [-0.25, -0.2) is 9.97 Å². The van der Waals surface area contributed by atoms with E-state index in [0.717, 1.165) is 5.56 Å². The van der Waals surface area contributed by atoms with Crippen molar-refractivity contribution in [2.24, 2.45) is 0 Å². The Morgan fingerprint density at radius 1 is 1.37 bits per heavy atom. The molecule has 2 aromatic rings. The lowest BCUT2D eigenvalue weighted by atomic mass is 10.2. The van der Waals surface area contributed by atoms with E-state index in [1.807, 2.05) is 6.07 Å². The molecular formula is C12H12N4O3. The molecule has 0 bridgehead atoms. The Balaban J connectivity index is 1.99. The summed E-state index contributed by atoms with van der Waals surface area (Å²) in [7, 11) is 1.55. The van der Waals surface area contributed by atoms with Crippen molar-refractivity contribution in [1.82, 2.24) is 9.97 Å². The summed E-state index contributed by atoms with van der Waals surface area (Å²) >= 11 is 0. The van der Waals surface area contributed by atoms with Crippen LogP contribution in [0, 0.1) is 10.1 Å². The van der Waals surface area contributed by atoms with Gasteiger partial charge in [0.25, 0.3) is 5.69 Å². The topological polar surface area (TPSA) is 90.2 Å². The van der Waals surface area contributed by atoms with Gasteiger partial charge in [-0.15, -0.1) is 0 Å². The largest absolute Gasteiger partial charge is 0.481 e. The van der Waals surface area contributed by atoms with Gasteiger partial charge >= 0.3 is 0 Å². The Morgan fingerprint density at radius 3 is 2.84 bits per heavy atom. The van der Waals surface area contributed by atoms with Crippen molar-refractivity contribution in [2.45, 2.75) is 6.54 Å². The maximum atomic E-state index is 10.5. The van der Waals surface area contributed by atoms with Crippen molar-refractivity contribution < 1.29 is 9.66 Å². The van der Waals surface area contributed by atoms with Crippen LogP contribution in [0.4, 0.5) is 11.5 Å². The first kappa shape index (κ1) is 12.7. The highest BCUT2D eigenvalue weighted by Crippen LogP contribution is 2.14. The molecule has 0 atom stereocenters. The van der Waals surface area contributed by atoms with Gasteiger partial charge in [0.1, 0.15) is 12.0 Å². The van der Waals surface area contributed by atoms with Crippen LogP contribution in [0.25, 0.3) is 0 Å². The number of nitrogens with zero attached hydrogens (tertiary/aromatic N) is 3. The third-order valence-corrected chi connectivity index (χ3v) is 2.44. The predicted octanol–water partition coefficient (Wildman–Crippen LogP) is 2.01. The summed E-state index contributed by atoms with van der Waals surface area (Å²) in [6.07, 6.45) is 2.87. The summed E-state index contributed by atoms with van der Waals surface area (Å²) in [4.78, 5) is 18.0. The van der Waals surface area contributed by atoms with Crippen LogP contribution in [0.5, 0.6) is 5.88 Å². The zero-order valence-corrected chi connectivity index (χ0v) is 10.2. The Kier molecular flexibility index (Phi) is 3.87. The quantitative estimate of drug-likeness (QED) is 0.653. The van der Waals surface area contributed by atoms with Gasteiger partial charge in [0.15, 0.2) is 0 Å². The van der Waals surface area contributed by atoms with Gasteiger partial charge in [0.05, 0.1) is 12.0 Å². The number of nitrogens with one attached hydrogen (secondary N) is 1. The lowest BCUT2D eigenvalue weighted by Crippen LogP contribution is -2.02. The predicted molar refractivity (Wildman–Crippen MR) is 69.0 cm³/mol. The van der Waals surface area contributed by atoms with E-state index in [4.69, 9.17) is 4.74 Å². The van der Waals surface area contributed by atoms with Crippen molar-refractivity contribution in [3.05, 3.63) is 52.3 Å². The number of anilines is 1. The monoisotopic (exact) mass is 260 g/mol. The fourth-order valence-corrected chi connectivity index (χ4v) is 1.46. The van der Waals surface area contributed by atoms with E-state index in [1.54, 1.807) is 25.4 Å². The maximum Gasteiger partial charge on any atom is 0.287 e. The molecule has 0 saturated carbocycles. The first-order valence-corrected chi connectivity index (χ1v) is 5.52. The molecule has 0 saturated heterocycles. The highest BCUT2D eigenvalue weighted by atomic mass is 16.6. The molecule has 0 unspecified atom stereocenters. The van der Waals surface area contributed by atoms with Gasteiger partial charge in [-0.1, -0.05) is 0 Å². The number of aromatic nitrogens is 2. The van der Waals surface area contributed by atoms with Crippen LogP contribution in [0.15, 0.2) is 36.7 Å². The molecular weight excluding hydrogens is 248 g/mol. The highest BCUT2D eigenvalue weighted by molar-refractivity contribution is 5.40. The standard InChI is InChI=1S/C12H12N4O3/c1-19-12-6-9(4-5-13-12)7-14-11-3-2-10(8-15-11)16(17)18/h2-6,8H,7H2,1H3,(H,14,15). The lowest BCUT2D eigenvalue weighted by molar-refractivity contribution is -0.385. The minimum atomic E-state index is -0.482. The molecule has 0 fully saturated rings. The van der Waals surface area contributed by atoms with Gasteiger partial charge in [-0.3, -0.25) is 10.1 Å². The van der Waals surface area contributed by atoms with E-state index < -0.39 is 4.92 Å². The van der Waals surface area contributed by atoms with Gasteiger partial charge < -0.3 is 10.1 Å². The van der Waals surface area contributed by atoms with E-state index in [9.17, 15) is 10.1 Å². The molecule has 1 N–H and O–H groups in total. The second kappa shape index (κ2) is 5.76. The zero-order chi connectivity index (χ0) is 13.7. The number of nitro groups is 1. The van der Waals surface area contributed by atoms with Crippen LogP contribution in [0.2, 0.25) is 0 Å². The second-order valence-corrected chi connectivity index (χ2v) is 3.72. The number of pyridine rings is 2. The van der Waals surface area contributed by atoms with Crippen molar-refractivity contribution in [3.8, 4) is 5.88 Å². The molecule has 0 radical (unpaired) electrons. The van der Waals surface area contributed by atoms with Crippen molar-refractivity contribution >= 4 is 11.5 Å². The van der Waals surface area contributed by atoms with Crippen molar-refractivity contribution in [3.63, 3.8) is 0 Å². The van der Waals surface area contributed by atoms with Crippen molar-refractivity contribution in [2.75, 3.05) is 12.4 Å². The summed E-state index contributed by atoms with van der Waals surface area (Å²) in [6, 6.07) is 6.62. The fraction of sp³-hybridized carbons (Fsp3) is 0.167. The zero-order valence-electron chi connectivity index (χ0n) is 10.2. The van der Waals surface area contributed by atoms with Crippen LogP contribution in [0.1, 0.15) is 5.56 Å². The third-order valence-electron chi connectivity index (χ3n) is 2.44. The van der Waals surface area contributed by atoms with E-state index in [2.05, 4.69) is 15.3 Å². The summed E-state index contributed by atoms with van der Waals surface area (Å²) < 4.78 is 5.02. The smallest absolute Gasteiger partial charge is 0.287 e. The van der Waals surface area contributed by atoms with Crippen LogP contribution in [0.3, 0.4) is 0 Å². The maximum absolute atomic E-state index is 10.5. The summed E-state index contributed by atoms with van der Waals surface area (Å²) in [6.45, 7) is 0.531. The first-order valence-electron chi connectivity index (χ1n) is 5.52. The van der Waals surface area contributed by atoms with Crippen molar-refractivity contribution in [1.29, 1.82) is 0 Å². The van der Waals surface area contributed by atoms with Gasteiger partial charge in [0.2, 0.25) is 5.88 Å². The molecule has 0 spiro atoms. The average molecular weight is 260 g/mol. The fourth-order valence-electron chi connectivity index (χ4n) is 1.46. The molecule has 0 aliphatic rings. The van der Waals surface area contributed by atoms with Gasteiger partial charge in [-0.2, -0.15) is 0 Å². The molecule has 19 heavy (non-hydrogen) atoms. The number of hydrogen-bond acceptors (Lipinski definition) is 6. The van der Waals surface area contributed by atoms with E-state index in [1.165, 1.54) is 12.3 Å². The highest BCUT2D eigenvalue weighted by Gasteiger charge is 2.05. The molecule has 2 heterocycles.